The summed E-state index contributed by atoms with van der Waals surface area (Å²) in [5, 5.41) is 1.01. The van der Waals surface area contributed by atoms with Gasteiger partial charge in [-0.25, -0.2) is 0 Å². The number of aryl methyl sites for hydroxylation is 1. The lowest BCUT2D eigenvalue weighted by atomic mass is 10.1. The number of carbonyl (C=O) groups is 1. The van der Waals surface area contributed by atoms with E-state index in [0.29, 0.717) is 12.2 Å². The molecule has 0 unspecified atom stereocenters. The van der Waals surface area contributed by atoms with Crippen molar-refractivity contribution in [3.8, 4) is 0 Å². The topological polar surface area (TPSA) is 62.5 Å². The molecule has 0 aliphatic carbocycles. The third-order valence-electron chi connectivity index (χ3n) is 3.74. The number of anilines is 2. The Bertz CT molecular complexity index is 683. The van der Waals surface area contributed by atoms with Crippen molar-refractivity contribution >= 4 is 28.2 Å². The van der Waals surface area contributed by atoms with E-state index < -0.39 is 0 Å². The highest BCUT2D eigenvalue weighted by Crippen LogP contribution is 2.29. The van der Waals surface area contributed by atoms with E-state index in [2.05, 4.69) is 9.88 Å². The van der Waals surface area contributed by atoms with E-state index in [-0.39, 0.29) is 5.91 Å². The first-order valence-electron chi connectivity index (χ1n) is 6.70. The molecule has 2 heterocycles. The normalized spacial score (nSPS) is 16.0. The lowest BCUT2D eigenvalue weighted by Gasteiger charge is -2.34. The second kappa shape index (κ2) is 4.67. The number of pyridine rings is 1. The van der Waals surface area contributed by atoms with Crippen LogP contribution in [0.1, 0.15) is 5.69 Å². The minimum absolute atomic E-state index is 0.141. The van der Waals surface area contributed by atoms with Crippen LogP contribution in [0.15, 0.2) is 24.3 Å². The van der Waals surface area contributed by atoms with Gasteiger partial charge in [0.1, 0.15) is 0 Å². The predicted octanol–water partition coefficient (Wildman–Crippen LogP) is 1.40. The Hall–Kier alpha value is -2.30. The quantitative estimate of drug-likeness (QED) is 0.796. The van der Waals surface area contributed by atoms with Crippen molar-refractivity contribution in [2.45, 2.75) is 6.92 Å². The lowest BCUT2D eigenvalue weighted by molar-refractivity contribution is -0.129. The Morgan fingerprint density at radius 2 is 2.05 bits per heavy atom. The molecular weight excluding hydrogens is 252 g/mol. The van der Waals surface area contributed by atoms with Crippen LogP contribution in [-0.2, 0) is 4.79 Å². The summed E-state index contributed by atoms with van der Waals surface area (Å²) in [4.78, 5) is 20.3. The molecule has 20 heavy (non-hydrogen) atoms. The van der Waals surface area contributed by atoms with Crippen molar-refractivity contribution in [2.75, 3.05) is 37.3 Å². The number of fused-ring (bicyclic) bond motifs is 1. The average molecular weight is 270 g/mol. The Morgan fingerprint density at radius 1 is 1.25 bits per heavy atom. The SMILES string of the molecule is Cc1cc(N2CCN(C)C(=O)C2)c2cc(N)ccc2n1. The molecule has 2 N–H and O–H groups in total. The van der Waals surface area contributed by atoms with Gasteiger partial charge in [0.05, 0.1) is 12.1 Å². The predicted molar refractivity (Wildman–Crippen MR) is 80.7 cm³/mol. The maximum Gasteiger partial charge on any atom is 0.241 e. The highest BCUT2D eigenvalue weighted by Gasteiger charge is 2.22. The molecule has 1 saturated heterocycles. The Morgan fingerprint density at radius 3 is 2.80 bits per heavy atom. The minimum Gasteiger partial charge on any atom is -0.399 e. The van der Waals surface area contributed by atoms with Crippen LogP contribution in [-0.4, -0.2) is 42.5 Å². The van der Waals surface area contributed by atoms with E-state index in [1.807, 2.05) is 38.2 Å². The van der Waals surface area contributed by atoms with Crippen molar-refractivity contribution in [3.63, 3.8) is 0 Å². The fourth-order valence-corrected chi connectivity index (χ4v) is 2.58. The molecule has 1 aliphatic heterocycles. The molecule has 1 aromatic heterocycles. The number of nitrogens with zero attached hydrogens (tertiary/aromatic N) is 3. The van der Waals surface area contributed by atoms with Crippen molar-refractivity contribution in [3.05, 3.63) is 30.0 Å². The largest absolute Gasteiger partial charge is 0.399 e. The smallest absolute Gasteiger partial charge is 0.241 e. The van der Waals surface area contributed by atoms with Crippen LogP contribution in [0, 0.1) is 6.92 Å². The van der Waals surface area contributed by atoms with E-state index in [9.17, 15) is 4.79 Å². The number of hydrogen-bond acceptors (Lipinski definition) is 4. The average Bonchev–Trinajstić information content (AvgIpc) is 2.41. The van der Waals surface area contributed by atoms with Gasteiger partial charge in [0.15, 0.2) is 0 Å². The van der Waals surface area contributed by atoms with Gasteiger partial charge in [0.2, 0.25) is 5.91 Å². The summed E-state index contributed by atoms with van der Waals surface area (Å²) in [6, 6.07) is 7.74. The Labute approximate surface area is 118 Å². The standard InChI is InChI=1S/C15H18N4O/c1-10-7-14(19-6-5-18(2)15(20)9-19)12-8-11(16)3-4-13(12)17-10/h3-4,7-8H,5-6,9,16H2,1-2H3. The van der Waals surface area contributed by atoms with Crippen LogP contribution in [0.5, 0.6) is 0 Å². The first-order valence-corrected chi connectivity index (χ1v) is 6.70. The van der Waals surface area contributed by atoms with Gasteiger partial charge in [-0.3, -0.25) is 9.78 Å². The molecule has 1 aromatic carbocycles. The second-order valence-electron chi connectivity index (χ2n) is 5.30. The molecule has 5 heteroatoms. The van der Waals surface area contributed by atoms with Crippen LogP contribution >= 0.6 is 0 Å². The van der Waals surface area contributed by atoms with Gasteiger partial charge < -0.3 is 15.5 Å². The number of nitrogen functional groups attached to an aromatic ring is 1. The first kappa shape index (κ1) is 12.7. The molecule has 0 spiro atoms. The monoisotopic (exact) mass is 270 g/mol. The van der Waals surface area contributed by atoms with Gasteiger partial charge in [-0.15, -0.1) is 0 Å². The van der Waals surface area contributed by atoms with Crippen molar-refractivity contribution in [2.24, 2.45) is 0 Å². The molecule has 0 radical (unpaired) electrons. The zero-order chi connectivity index (χ0) is 14.3. The molecule has 5 nitrogen and oxygen atoms in total. The van der Waals surface area contributed by atoms with Crippen molar-refractivity contribution in [1.82, 2.24) is 9.88 Å². The van der Waals surface area contributed by atoms with E-state index in [1.54, 1.807) is 4.90 Å². The number of nitrogens with two attached hydrogens (primary N) is 1. The van der Waals surface area contributed by atoms with Gasteiger partial charge in [-0.05, 0) is 31.2 Å². The molecule has 1 aliphatic rings. The van der Waals surface area contributed by atoms with Crippen LogP contribution in [0.4, 0.5) is 11.4 Å². The van der Waals surface area contributed by atoms with E-state index in [0.717, 1.165) is 35.4 Å². The summed E-state index contributed by atoms with van der Waals surface area (Å²) < 4.78 is 0. The van der Waals surface area contributed by atoms with Crippen LogP contribution < -0.4 is 10.6 Å². The third-order valence-corrected chi connectivity index (χ3v) is 3.74. The molecule has 2 aromatic rings. The highest BCUT2D eigenvalue weighted by molar-refractivity contribution is 5.96. The second-order valence-corrected chi connectivity index (χ2v) is 5.30. The zero-order valence-corrected chi connectivity index (χ0v) is 11.8. The van der Waals surface area contributed by atoms with Gasteiger partial charge >= 0.3 is 0 Å². The fourth-order valence-electron chi connectivity index (χ4n) is 2.58. The third kappa shape index (κ3) is 2.15. The molecule has 0 bridgehead atoms. The number of rotatable bonds is 1. The van der Waals surface area contributed by atoms with Gasteiger partial charge in [-0.2, -0.15) is 0 Å². The highest BCUT2D eigenvalue weighted by atomic mass is 16.2. The summed E-state index contributed by atoms with van der Waals surface area (Å²) in [6.45, 7) is 3.95. The summed E-state index contributed by atoms with van der Waals surface area (Å²) in [6.07, 6.45) is 0. The van der Waals surface area contributed by atoms with Crippen molar-refractivity contribution < 1.29 is 4.79 Å². The number of benzene rings is 1. The molecular formula is C15H18N4O. The number of aromatic nitrogens is 1. The van der Waals surface area contributed by atoms with Crippen LogP contribution in [0.25, 0.3) is 10.9 Å². The molecule has 1 amide bonds. The summed E-state index contributed by atoms with van der Waals surface area (Å²) in [5.41, 5.74) is 9.51. The lowest BCUT2D eigenvalue weighted by Crippen LogP contribution is -2.48. The summed E-state index contributed by atoms with van der Waals surface area (Å²) in [5.74, 6) is 0.141. The summed E-state index contributed by atoms with van der Waals surface area (Å²) >= 11 is 0. The number of hydrogen-bond donors (Lipinski definition) is 1. The summed E-state index contributed by atoms with van der Waals surface area (Å²) in [7, 11) is 1.84. The number of amides is 1. The van der Waals surface area contributed by atoms with Crippen LogP contribution in [0.3, 0.4) is 0 Å². The minimum atomic E-state index is 0.141. The maximum absolute atomic E-state index is 11.9. The first-order chi connectivity index (χ1) is 9.54. The van der Waals surface area contributed by atoms with Gasteiger partial charge in [-0.1, -0.05) is 0 Å². The van der Waals surface area contributed by atoms with E-state index in [1.165, 1.54) is 0 Å². The van der Waals surface area contributed by atoms with E-state index >= 15 is 0 Å². The number of likely N-dealkylation sites (N-methyl/N-ethyl adjacent to an activating group) is 1. The van der Waals surface area contributed by atoms with Crippen LogP contribution in [0.2, 0.25) is 0 Å². The molecule has 104 valence electrons. The van der Waals surface area contributed by atoms with Crippen molar-refractivity contribution in [1.29, 1.82) is 0 Å². The fraction of sp³-hybridized carbons (Fsp3) is 0.333. The zero-order valence-electron chi connectivity index (χ0n) is 11.8. The molecule has 0 saturated carbocycles. The van der Waals surface area contributed by atoms with E-state index in [4.69, 9.17) is 5.73 Å². The molecule has 0 atom stereocenters. The van der Waals surface area contributed by atoms with Gasteiger partial charge in [0, 0.05) is 42.6 Å². The maximum atomic E-state index is 11.9. The molecule has 1 fully saturated rings. The Kier molecular flexibility index (Phi) is 2.97. The number of carbonyl (C=O) groups excluding carboxylic acids is 1. The Balaban J connectivity index is 2.10. The number of piperazine rings is 1. The van der Waals surface area contributed by atoms with Gasteiger partial charge in [0.25, 0.3) is 0 Å². The molecule has 3 rings (SSSR count).